The minimum Gasteiger partial charge on any atom is -0.184 e. The first-order valence-electron chi connectivity index (χ1n) is 2.25. The highest BCUT2D eigenvalue weighted by atomic mass is 36.0. The fourth-order valence-corrected chi connectivity index (χ4v) is 7.16. The summed E-state index contributed by atoms with van der Waals surface area (Å²) in [7, 11) is 21.3. The van der Waals surface area contributed by atoms with Crippen molar-refractivity contribution in [1.82, 2.24) is 3.71 Å². The van der Waals surface area contributed by atoms with Crippen molar-refractivity contribution in [2.24, 2.45) is 0 Å². The fraction of sp³-hybridized carbons (Fsp3) is 1.00. The van der Waals surface area contributed by atoms with Crippen molar-refractivity contribution in [1.29, 1.82) is 0 Å². The summed E-state index contributed by atoms with van der Waals surface area (Å²) in [5.41, 5.74) is 0. The standard InChI is InChI=1S/C3H9Cl4NS2/c1-8(9(2,4)5)10(3,6)7/h1-3H3. The first-order valence-corrected chi connectivity index (χ1v) is 9.55. The average Bonchev–Trinajstić information content (AvgIpc) is 1.59. The molecule has 0 radical (unpaired) electrons. The van der Waals surface area contributed by atoms with Gasteiger partial charge in [-0.1, -0.05) is 0 Å². The van der Waals surface area contributed by atoms with Crippen LogP contribution in [-0.2, 0) is 0 Å². The summed E-state index contributed by atoms with van der Waals surface area (Å²) in [6.07, 6.45) is 3.40. The molecule has 0 aromatic rings. The smallest absolute Gasteiger partial charge is 0.00996 e. The molecule has 0 rings (SSSR count). The molecule has 66 valence electrons. The van der Waals surface area contributed by atoms with E-state index >= 15 is 0 Å². The molecule has 7 heteroatoms. The van der Waals surface area contributed by atoms with Gasteiger partial charge < -0.3 is 0 Å². The third-order valence-corrected chi connectivity index (χ3v) is 7.96. The normalized spacial score (nSPS) is 17.6. The molecule has 0 heterocycles. The summed E-state index contributed by atoms with van der Waals surface area (Å²) in [4.78, 5) is 0. The maximum atomic E-state index is 5.79. The molecule has 0 aliphatic rings. The Labute approximate surface area is 82.8 Å². The van der Waals surface area contributed by atoms with Crippen molar-refractivity contribution in [3.05, 3.63) is 0 Å². The van der Waals surface area contributed by atoms with E-state index in [9.17, 15) is 0 Å². The quantitative estimate of drug-likeness (QED) is 0.722. The second-order valence-corrected chi connectivity index (χ2v) is 14.1. The van der Waals surface area contributed by atoms with Gasteiger partial charge in [0.1, 0.15) is 0 Å². The Hall–Kier alpha value is 1.82. The first-order chi connectivity index (χ1) is 4.15. The van der Waals surface area contributed by atoms with Crippen LogP contribution in [0.3, 0.4) is 0 Å². The molecular formula is C3H9Cl4NS2. The minimum absolute atomic E-state index is 1.60. The van der Waals surface area contributed by atoms with Crippen molar-refractivity contribution in [2.75, 3.05) is 19.6 Å². The molecule has 0 aromatic heterocycles. The van der Waals surface area contributed by atoms with E-state index in [0.29, 0.717) is 0 Å². The summed E-state index contributed by atoms with van der Waals surface area (Å²) in [6, 6.07) is 0. The number of hydrogen-bond acceptors (Lipinski definition) is 1. The van der Waals surface area contributed by atoms with E-state index in [1.807, 2.05) is 0 Å². The Bertz CT molecular complexity index is 103. The molecule has 0 bridgehead atoms. The number of nitrogens with zero attached hydrogens (tertiary/aromatic N) is 1. The molecule has 0 fully saturated rings. The van der Waals surface area contributed by atoms with Gasteiger partial charge in [-0.05, 0) is 60.0 Å². The van der Waals surface area contributed by atoms with Crippen LogP contribution in [0.2, 0.25) is 0 Å². The van der Waals surface area contributed by atoms with Crippen LogP contribution in [0.15, 0.2) is 0 Å². The van der Waals surface area contributed by atoms with Crippen molar-refractivity contribution in [2.45, 2.75) is 0 Å². The molecule has 10 heavy (non-hydrogen) atoms. The molecule has 1 nitrogen and oxygen atoms in total. The van der Waals surface area contributed by atoms with Gasteiger partial charge in [0, 0.05) is 19.6 Å². The molecule has 0 N–H and O–H groups in total. The lowest BCUT2D eigenvalue weighted by Gasteiger charge is -2.39. The Kier molecular flexibility index (Phi) is 4.36. The van der Waals surface area contributed by atoms with Crippen molar-refractivity contribution >= 4 is 60.0 Å². The fourth-order valence-electron chi connectivity index (χ4n) is 0.230. The Balaban J connectivity index is 4.23. The molecule has 0 aliphatic carbocycles. The molecule has 0 aliphatic heterocycles. The van der Waals surface area contributed by atoms with Gasteiger partial charge in [0.2, 0.25) is 0 Å². The molecular weight excluding hydrogens is 256 g/mol. The van der Waals surface area contributed by atoms with E-state index in [1.165, 1.54) is 0 Å². The lowest BCUT2D eigenvalue weighted by molar-refractivity contribution is 0.938. The third kappa shape index (κ3) is 4.00. The Morgan fingerprint density at radius 1 is 0.900 bits per heavy atom. The summed E-state index contributed by atoms with van der Waals surface area (Å²) >= 11 is 0. The zero-order valence-corrected chi connectivity index (χ0v) is 10.4. The van der Waals surface area contributed by atoms with Gasteiger partial charge in [-0.15, -0.1) is 0 Å². The van der Waals surface area contributed by atoms with Crippen LogP contribution < -0.4 is 0 Å². The van der Waals surface area contributed by atoms with Crippen LogP contribution in [0.1, 0.15) is 0 Å². The van der Waals surface area contributed by atoms with Gasteiger partial charge in [0.25, 0.3) is 0 Å². The van der Waals surface area contributed by atoms with Crippen molar-refractivity contribution in [3.63, 3.8) is 0 Å². The first kappa shape index (κ1) is 11.8. The maximum absolute atomic E-state index is 5.79. The Morgan fingerprint density at radius 3 is 1.10 bits per heavy atom. The predicted molar refractivity (Wildman–Crippen MR) is 58.2 cm³/mol. The molecule has 0 atom stereocenters. The molecule has 0 aromatic carbocycles. The highest BCUT2D eigenvalue weighted by Gasteiger charge is 2.28. The monoisotopic (exact) mass is 263 g/mol. The predicted octanol–water partition coefficient (Wildman–Crippen LogP) is 4.23. The van der Waals surface area contributed by atoms with Gasteiger partial charge in [0.15, 0.2) is 0 Å². The van der Waals surface area contributed by atoms with E-state index < -0.39 is 17.3 Å². The van der Waals surface area contributed by atoms with Gasteiger partial charge in [-0.3, -0.25) is 0 Å². The molecule has 0 saturated carbocycles. The van der Waals surface area contributed by atoms with Crippen LogP contribution >= 0.6 is 60.0 Å². The SMILES string of the molecule is CN(S(C)(Cl)Cl)S(C)(Cl)Cl. The molecule has 0 saturated heterocycles. The zero-order valence-electron chi connectivity index (χ0n) is 5.78. The van der Waals surface area contributed by atoms with Crippen molar-refractivity contribution in [3.8, 4) is 0 Å². The molecule has 0 spiro atoms. The van der Waals surface area contributed by atoms with Crippen LogP contribution in [0, 0.1) is 0 Å². The molecule has 0 unspecified atom stereocenters. The zero-order chi connectivity index (χ0) is 8.58. The number of rotatable bonds is 2. The summed E-state index contributed by atoms with van der Waals surface area (Å²) < 4.78 is 1.60. The van der Waals surface area contributed by atoms with Gasteiger partial charge in [-0.2, -0.15) is 3.71 Å². The van der Waals surface area contributed by atoms with E-state index in [0.717, 1.165) is 0 Å². The van der Waals surface area contributed by atoms with Crippen LogP contribution in [0.4, 0.5) is 0 Å². The van der Waals surface area contributed by atoms with E-state index in [4.69, 9.17) is 42.7 Å². The van der Waals surface area contributed by atoms with Crippen molar-refractivity contribution < 1.29 is 0 Å². The Morgan fingerprint density at radius 2 is 1.10 bits per heavy atom. The summed E-state index contributed by atoms with van der Waals surface area (Å²) in [5, 5.41) is 0. The lowest BCUT2D eigenvalue weighted by Crippen LogP contribution is -2.13. The van der Waals surface area contributed by atoms with Crippen LogP contribution in [0.25, 0.3) is 0 Å². The van der Waals surface area contributed by atoms with E-state index in [1.54, 1.807) is 23.3 Å². The maximum Gasteiger partial charge on any atom is 0.00996 e. The topological polar surface area (TPSA) is 3.24 Å². The third-order valence-electron chi connectivity index (χ3n) is 0.903. The number of hydrogen-bond donors (Lipinski definition) is 0. The minimum atomic E-state index is -1.81. The van der Waals surface area contributed by atoms with Crippen LogP contribution in [-0.4, -0.2) is 23.3 Å². The van der Waals surface area contributed by atoms with E-state index in [2.05, 4.69) is 0 Å². The summed E-state index contributed by atoms with van der Waals surface area (Å²) in [5.74, 6) is 0. The summed E-state index contributed by atoms with van der Waals surface area (Å²) in [6.45, 7) is 0. The van der Waals surface area contributed by atoms with Crippen LogP contribution in [0.5, 0.6) is 0 Å². The second-order valence-electron chi connectivity index (χ2n) is 1.81. The second kappa shape index (κ2) is 3.69. The average molecular weight is 265 g/mol. The molecule has 0 amide bonds. The van der Waals surface area contributed by atoms with E-state index in [-0.39, 0.29) is 0 Å². The number of halogens is 4. The van der Waals surface area contributed by atoms with Gasteiger partial charge >= 0.3 is 0 Å². The lowest BCUT2D eigenvalue weighted by atomic mass is 11.6. The highest BCUT2D eigenvalue weighted by molar-refractivity contribution is 8.75. The largest absolute Gasteiger partial charge is 0.184 e. The highest BCUT2D eigenvalue weighted by Crippen LogP contribution is 2.72. The van der Waals surface area contributed by atoms with Gasteiger partial charge in [-0.25, -0.2) is 0 Å². The van der Waals surface area contributed by atoms with Gasteiger partial charge in [0.05, 0.1) is 0 Å².